The summed E-state index contributed by atoms with van der Waals surface area (Å²) in [5.41, 5.74) is 0.386. The quantitative estimate of drug-likeness (QED) is 0.0901. The highest BCUT2D eigenvalue weighted by Crippen LogP contribution is 2.44. The van der Waals surface area contributed by atoms with Crippen LogP contribution < -0.4 is 16.0 Å². The van der Waals surface area contributed by atoms with Gasteiger partial charge in [0.2, 0.25) is 17.7 Å². The summed E-state index contributed by atoms with van der Waals surface area (Å²) in [7, 11) is 0. The molecule has 1 aromatic carbocycles. The largest absolute Gasteiger partial charge is 0.461 e. The minimum Gasteiger partial charge on any atom is -0.461 e. The Kier molecular flexibility index (Phi) is 21.9. The lowest BCUT2D eigenvalue weighted by molar-refractivity contribution is -0.156. The van der Waals surface area contributed by atoms with Crippen molar-refractivity contribution in [1.29, 1.82) is 0 Å². The van der Waals surface area contributed by atoms with Gasteiger partial charge in [-0.15, -0.1) is 0 Å². The van der Waals surface area contributed by atoms with E-state index in [4.69, 9.17) is 9.47 Å². The van der Waals surface area contributed by atoms with Gasteiger partial charge in [0.05, 0.1) is 5.92 Å². The molecule has 0 aromatic heterocycles. The van der Waals surface area contributed by atoms with E-state index in [2.05, 4.69) is 29.8 Å². The van der Waals surface area contributed by atoms with E-state index >= 15 is 0 Å². The van der Waals surface area contributed by atoms with Gasteiger partial charge in [0.1, 0.15) is 23.8 Å². The Hall–Kier alpha value is -4.09. The second kappa shape index (κ2) is 28.0. The molecule has 0 heterocycles. The van der Waals surface area contributed by atoms with Crippen molar-refractivity contribution in [3.63, 3.8) is 0 Å². The predicted molar refractivity (Wildman–Crippen MR) is 291 cm³/mol. The zero-order chi connectivity index (χ0) is 53.6. The van der Waals surface area contributed by atoms with Crippen LogP contribution >= 0.6 is 0 Å². The average Bonchev–Trinajstić information content (AvgIpc) is 4.18. The van der Waals surface area contributed by atoms with Gasteiger partial charge in [0.15, 0.2) is 0 Å². The van der Waals surface area contributed by atoms with Crippen molar-refractivity contribution in [2.24, 2.45) is 71.0 Å². The highest BCUT2D eigenvalue weighted by molar-refractivity contribution is 5.86. The standard InChI is InChI=1S/C63H97N3O9/c1-7-44(56(67)37-42-25-19-30-48(42)60(71)65-54-34-18-16-29-51(54)46(9-3)62(73)74-39-40-22-11-10-12-23-40)47-27-14-13-24-41(47)36-57(68)52-32-21-35-55(52)66-59(70)45(8-2)50-28-15-17-33-53(50)64-61(72)49-31-20-26-43(49)38-58(69)75-63(4,5)6/h10-12,22-23,41-55H,7-9,13-21,24-39H2,1-6H3,(H,64,72)(H,65,71)(H,66,70)/t41-,42-,43-,44+,45+,46+,47-,48+,49+,50+,51+,52+,53+,54+,55+/m0/s1. The highest BCUT2D eigenvalue weighted by Gasteiger charge is 2.45. The summed E-state index contributed by atoms with van der Waals surface area (Å²) >= 11 is 0. The van der Waals surface area contributed by atoms with Gasteiger partial charge in [-0.25, -0.2) is 0 Å². The Balaban J connectivity index is 0.919. The monoisotopic (exact) mass is 1040 g/mol. The van der Waals surface area contributed by atoms with Crippen molar-refractivity contribution < 1.29 is 43.0 Å². The fraction of sp³-hybridized carbons (Fsp3) is 0.794. The van der Waals surface area contributed by atoms with Crippen LogP contribution in [0, 0.1) is 71.0 Å². The van der Waals surface area contributed by atoms with Crippen LogP contribution in [0.3, 0.4) is 0 Å². The normalized spacial score (nSPS) is 31.3. The smallest absolute Gasteiger partial charge is 0.309 e. The van der Waals surface area contributed by atoms with Crippen molar-refractivity contribution in [3.8, 4) is 0 Å². The second-order valence-electron chi connectivity index (χ2n) is 25.4. The van der Waals surface area contributed by atoms with Crippen LogP contribution in [-0.4, -0.2) is 65.0 Å². The topological polar surface area (TPSA) is 174 Å². The number of carbonyl (C=O) groups excluding carboxylic acids is 7. The summed E-state index contributed by atoms with van der Waals surface area (Å²) in [5.74, 6) is -1.20. The molecule has 0 spiro atoms. The van der Waals surface area contributed by atoms with Crippen LogP contribution in [-0.2, 0) is 49.6 Å². The van der Waals surface area contributed by atoms with E-state index in [9.17, 15) is 33.6 Å². The van der Waals surface area contributed by atoms with Crippen molar-refractivity contribution in [2.45, 2.75) is 245 Å². The molecular weight excluding hydrogens is 943 g/mol. The van der Waals surface area contributed by atoms with Gasteiger partial charge in [-0.1, -0.05) is 109 Å². The molecule has 6 fully saturated rings. The van der Waals surface area contributed by atoms with E-state index in [0.29, 0.717) is 25.7 Å². The molecule has 12 nitrogen and oxygen atoms in total. The minimum absolute atomic E-state index is 0.000166. The lowest BCUT2D eigenvalue weighted by atomic mass is 9.67. The van der Waals surface area contributed by atoms with E-state index in [-0.39, 0.29) is 143 Å². The maximum absolute atomic E-state index is 14.6. The third-order valence-electron chi connectivity index (χ3n) is 19.4. The lowest BCUT2D eigenvalue weighted by Gasteiger charge is -2.38. The molecule has 0 unspecified atom stereocenters. The summed E-state index contributed by atoms with van der Waals surface area (Å²) in [6.45, 7) is 12.0. The van der Waals surface area contributed by atoms with Crippen LogP contribution in [0.4, 0.5) is 0 Å². The van der Waals surface area contributed by atoms with Crippen molar-refractivity contribution in [1.82, 2.24) is 16.0 Å². The van der Waals surface area contributed by atoms with E-state index in [0.717, 1.165) is 147 Å². The molecule has 0 saturated heterocycles. The summed E-state index contributed by atoms with van der Waals surface area (Å²) in [4.78, 5) is 97.9. The number of amides is 3. The van der Waals surface area contributed by atoms with Crippen molar-refractivity contribution >= 4 is 41.2 Å². The van der Waals surface area contributed by atoms with E-state index in [1.165, 1.54) is 0 Å². The second-order valence-corrected chi connectivity index (χ2v) is 25.4. The highest BCUT2D eigenvalue weighted by atomic mass is 16.6. The van der Waals surface area contributed by atoms with Crippen LogP contribution in [0.5, 0.6) is 0 Å². The maximum atomic E-state index is 14.6. The number of benzene rings is 1. The zero-order valence-corrected chi connectivity index (χ0v) is 47.0. The molecule has 15 atom stereocenters. The van der Waals surface area contributed by atoms with Crippen LogP contribution in [0.1, 0.15) is 220 Å². The van der Waals surface area contributed by atoms with Gasteiger partial charge in [0.25, 0.3) is 0 Å². The molecule has 3 amide bonds. The van der Waals surface area contributed by atoms with E-state index in [1.807, 2.05) is 58.0 Å². The van der Waals surface area contributed by atoms with Gasteiger partial charge < -0.3 is 25.4 Å². The number of Topliss-reactive ketones (excluding diaryl/α,β-unsaturated/α-hetero) is 2. The first-order chi connectivity index (χ1) is 36.1. The SMILES string of the molecule is CC[C@@H](C(=O)C[C@@H]1CCC[C@H]1C(=O)N[C@@H]1CCCC[C@@H]1[C@@H](CC)C(=O)OCc1ccccc1)[C@H]1CCCC[C@H]1CC(=O)[C@@H]1CCC[C@H]1NC(=O)[C@H](CC)[C@H]1CCCC[C@H]1NC(=O)[C@@H]1CCC[C@H]1CC(=O)OC(C)(C)C. The van der Waals surface area contributed by atoms with Crippen molar-refractivity contribution in [2.75, 3.05) is 0 Å². The summed E-state index contributed by atoms with van der Waals surface area (Å²) in [5, 5.41) is 10.3. The number of esters is 2. The van der Waals surface area contributed by atoms with Gasteiger partial charge in [-0.3, -0.25) is 33.6 Å². The number of hydrogen-bond donors (Lipinski definition) is 3. The molecule has 3 N–H and O–H groups in total. The third kappa shape index (κ3) is 15.8. The van der Waals surface area contributed by atoms with Crippen molar-refractivity contribution in [3.05, 3.63) is 35.9 Å². The Labute approximate surface area is 450 Å². The number of carbonyl (C=O) groups is 7. The third-order valence-corrected chi connectivity index (χ3v) is 19.4. The van der Waals surface area contributed by atoms with Crippen LogP contribution in [0.2, 0.25) is 0 Å². The Bertz CT molecular complexity index is 2070. The molecule has 6 aliphatic rings. The number of hydrogen-bond acceptors (Lipinski definition) is 9. The van der Waals surface area contributed by atoms with Gasteiger partial charge in [-0.2, -0.15) is 0 Å². The van der Waals surface area contributed by atoms with Gasteiger partial charge >= 0.3 is 11.9 Å². The Morgan fingerprint density at radius 1 is 0.507 bits per heavy atom. The molecule has 0 radical (unpaired) electrons. The van der Waals surface area contributed by atoms with Crippen LogP contribution in [0.15, 0.2) is 30.3 Å². The maximum Gasteiger partial charge on any atom is 0.309 e. The van der Waals surface area contributed by atoms with E-state index in [1.54, 1.807) is 0 Å². The van der Waals surface area contributed by atoms with Crippen LogP contribution in [0.25, 0.3) is 0 Å². The number of ether oxygens (including phenoxy) is 2. The molecule has 418 valence electrons. The molecule has 0 bridgehead atoms. The Morgan fingerprint density at radius 3 is 1.59 bits per heavy atom. The van der Waals surface area contributed by atoms with Gasteiger partial charge in [-0.05, 0) is 158 Å². The summed E-state index contributed by atoms with van der Waals surface area (Å²) in [6, 6.07) is 9.32. The molecule has 7 rings (SSSR count). The fourth-order valence-electron chi connectivity index (χ4n) is 15.6. The zero-order valence-electron chi connectivity index (χ0n) is 47.0. The predicted octanol–water partition coefficient (Wildman–Crippen LogP) is 11.7. The number of rotatable bonds is 23. The minimum atomic E-state index is -0.571. The molecular formula is C63H97N3O9. The fourth-order valence-corrected chi connectivity index (χ4v) is 15.6. The molecule has 12 heteroatoms. The first-order valence-corrected chi connectivity index (χ1v) is 30.5. The number of ketones is 2. The first-order valence-electron chi connectivity index (χ1n) is 30.5. The van der Waals surface area contributed by atoms with Gasteiger partial charge in [0, 0.05) is 67.0 Å². The molecule has 75 heavy (non-hydrogen) atoms. The first kappa shape index (κ1) is 58.6. The summed E-state index contributed by atoms with van der Waals surface area (Å²) < 4.78 is 11.4. The number of nitrogens with one attached hydrogen (secondary N) is 3. The Morgan fingerprint density at radius 2 is 1.00 bits per heavy atom. The molecule has 6 saturated carbocycles. The molecule has 0 aliphatic heterocycles. The lowest BCUT2D eigenvalue weighted by Crippen LogP contribution is -2.51. The van der Waals surface area contributed by atoms with E-state index < -0.39 is 5.60 Å². The summed E-state index contributed by atoms with van der Waals surface area (Å²) in [6.07, 6.45) is 21.9. The average molecular weight is 1040 g/mol. The molecule has 1 aromatic rings. The molecule has 6 aliphatic carbocycles.